The Labute approximate surface area is 118 Å². The smallest absolute Gasteiger partial charge is 0.335 e. The molecule has 0 aliphatic heterocycles. The van der Waals surface area contributed by atoms with Crippen LogP contribution in [0, 0.1) is 0 Å². The van der Waals surface area contributed by atoms with Gasteiger partial charge in [0.05, 0.1) is 8.95 Å². The van der Waals surface area contributed by atoms with Crippen molar-refractivity contribution in [3.63, 3.8) is 0 Å². The van der Waals surface area contributed by atoms with Gasteiger partial charge in [0.15, 0.2) is 5.75 Å². The highest BCUT2D eigenvalue weighted by Crippen LogP contribution is 2.35. The highest BCUT2D eigenvalue weighted by molar-refractivity contribution is 9.11. The Morgan fingerprint density at radius 3 is 2.47 bits per heavy atom. The molecule has 0 aliphatic rings. The SMILES string of the molecule is C=CC(=O)Oc1c(Br)cc(CCCC)cc1Br. The summed E-state index contributed by atoms with van der Waals surface area (Å²) in [5.41, 5.74) is 1.21. The van der Waals surface area contributed by atoms with Gasteiger partial charge >= 0.3 is 5.97 Å². The zero-order valence-corrected chi connectivity index (χ0v) is 12.8. The number of ether oxygens (including phenoxy) is 1. The van der Waals surface area contributed by atoms with E-state index >= 15 is 0 Å². The molecule has 92 valence electrons. The Hall–Kier alpha value is -0.610. The van der Waals surface area contributed by atoms with Crippen LogP contribution < -0.4 is 4.74 Å². The minimum Gasteiger partial charge on any atom is -0.421 e. The number of unbranched alkanes of at least 4 members (excludes halogenated alkanes) is 1. The van der Waals surface area contributed by atoms with E-state index in [0.717, 1.165) is 34.3 Å². The lowest BCUT2D eigenvalue weighted by atomic mass is 10.1. The average Bonchev–Trinajstić information content (AvgIpc) is 2.30. The van der Waals surface area contributed by atoms with Gasteiger partial charge in [-0.25, -0.2) is 4.79 Å². The summed E-state index contributed by atoms with van der Waals surface area (Å²) in [7, 11) is 0. The van der Waals surface area contributed by atoms with Gasteiger partial charge in [-0.3, -0.25) is 0 Å². The second kappa shape index (κ2) is 6.97. The molecule has 0 atom stereocenters. The molecule has 0 aliphatic carbocycles. The monoisotopic (exact) mass is 360 g/mol. The number of benzene rings is 1. The fourth-order valence-corrected chi connectivity index (χ4v) is 2.82. The maximum absolute atomic E-state index is 11.2. The Bertz CT molecular complexity index is 404. The average molecular weight is 362 g/mol. The molecule has 0 aromatic heterocycles. The van der Waals surface area contributed by atoms with E-state index in [0.29, 0.717) is 5.75 Å². The first-order valence-corrected chi connectivity index (χ1v) is 6.99. The summed E-state index contributed by atoms with van der Waals surface area (Å²) in [5.74, 6) is 0.0304. The highest BCUT2D eigenvalue weighted by Gasteiger charge is 2.11. The van der Waals surface area contributed by atoms with Gasteiger partial charge in [0.1, 0.15) is 0 Å². The molecule has 0 heterocycles. The maximum Gasteiger partial charge on any atom is 0.335 e. The van der Waals surface area contributed by atoms with Crippen LogP contribution in [0.4, 0.5) is 0 Å². The van der Waals surface area contributed by atoms with Gasteiger partial charge in [-0.05, 0) is 62.4 Å². The molecule has 0 unspecified atom stereocenters. The molecule has 1 rings (SSSR count). The zero-order valence-electron chi connectivity index (χ0n) is 9.63. The standard InChI is InChI=1S/C13H14Br2O2/c1-3-5-6-9-7-10(14)13(11(15)8-9)17-12(16)4-2/h4,7-8H,2-3,5-6H2,1H3. The second-order valence-corrected chi connectivity index (χ2v) is 5.33. The molecule has 0 saturated carbocycles. The van der Waals surface area contributed by atoms with E-state index in [1.165, 1.54) is 5.56 Å². The third-order valence-electron chi connectivity index (χ3n) is 2.25. The second-order valence-electron chi connectivity index (χ2n) is 3.62. The van der Waals surface area contributed by atoms with Crippen LogP contribution >= 0.6 is 31.9 Å². The third-order valence-corrected chi connectivity index (χ3v) is 3.42. The predicted molar refractivity (Wildman–Crippen MR) is 76.3 cm³/mol. The van der Waals surface area contributed by atoms with Gasteiger partial charge in [0.25, 0.3) is 0 Å². The van der Waals surface area contributed by atoms with Crippen molar-refractivity contribution in [2.24, 2.45) is 0 Å². The molecule has 0 bridgehead atoms. The molecular weight excluding hydrogens is 348 g/mol. The Kier molecular flexibility index (Phi) is 5.92. The molecule has 0 spiro atoms. The zero-order chi connectivity index (χ0) is 12.8. The van der Waals surface area contributed by atoms with Crippen LogP contribution in [0.15, 0.2) is 33.7 Å². The summed E-state index contributed by atoms with van der Waals surface area (Å²) in [4.78, 5) is 11.2. The van der Waals surface area contributed by atoms with E-state index in [1.807, 2.05) is 12.1 Å². The molecule has 0 amide bonds. The van der Waals surface area contributed by atoms with Crippen LogP contribution in [-0.2, 0) is 11.2 Å². The van der Waals surface area contributed by atoms with E-state index in [9.17, 15) is 4.79 Å². The lowest BCUT2D eigenvalue weighted by Gasteiger charge is -2.09. The van der Waals surface area contributed by atoms with E-state index in [1.54, 1.807) is 0 Å². The molecule has 4 heteroatoms. The maximum atomic E-state index is 11.2. The van der Waals surface area contributed by atoms with Crippen molar-refractivity contribution in [2.75, 3.05) is 0 Å². The van der Waals surface area contributed by atoms with E-state index < -0.39 is 5.97 Å². The number of hydrogen-bond donors (Lipinski definition) is 0. The molecule has 2 nitrogen and oxygen atoms in total. The Morgan fingerprint density at radius 2 is 2.00 bits per heavy atom. The van der Waals surface area contributed by atoms with Gasteiger partial charge in [-0.2, -0.15) is 0 Å². The summed E-state index contributed by atoms with van der Waals surface area (Å²) in [6.45, 7) is 5.53. The van der Waals surface area contributed by atoms with Crippen molar-refractivity contribution < 1.29 is 9.53 Å². The van der Waals surface area contributed by atoms with Crippen LogP contribution in [-0.4, -0.2) is 5.97 Å². The fourth-order valence-electron chi connectivity index (χ4n) is 1.38. The predicted octanol–water partition coefficient (Wildman–Crippen LogP) is 4.65. The number of carbonyl (C=O) groups is 1. The number of hydrogen-bond acceptors (Lipinski definition) is 2. The number of aryl methyl sites for hydroxylation is 1. The van der Waals surface area contributed by atoms with Crippen LogP contribution in [0.2, 0.25) is 0 Å². The first kappa shape index (κ1) is 14.5. The number of carbonyl (C=O) groups excluding carboxylic acids is 1. The van der Waals surface area contributed by atoms with E-state index in [4.69, 9.17) is 4.74 Å². The highest BCUT2D eigenvalue weighted by atomic mass is 79.9. The Balaban J connectivity index is 2.93. The molecule has 0 saturated heterocycles. The summed E-state index contributed by atoms with van der Waals surface area (Å²) in [6.07, 6.45) is 4.46. The van der Waals surface area contributed by atoms with Crippen LogP contribution in [0.25, 0.3) is 0 Å². The molecular formula is C13H14Br2O2. The summed E-state index contributed by atoms with van der Waals surface area (Å²) in [6, 6.07) is 3.96. The van der Waals surface area contributed by atoms with Crippen molar-refractivity contribution in [3.05, 3.63) is 39.3 Å². The summed E-state index contributed by atoms with van der Waals surface area (Å²) < 4.78 is 6.68. The molecule has 0 radical (unpaired) electrons. The first-order valence-electron chi connectivity index (χ1n) is 5.40. The minimum absolute atomic E-state index is 0.465. The van der Waals surface area contributed by atoms with Crippen molar-refractivity contribution in [2.45, 2.75) is 26.2 Å². The van der Waals surface area contributed by atoms with Gasteiger partial charge in [0, 0.05) is 6.08 Å². The van der Waals surface area contributed by atoms with Gasteiger partial charge in [0.2, 0.25) is 0 Å². The molecule has 0 fully saturated rings. The van der Waals surface area contributed by atoms with Gasteiger partial charge in [-0.15, -0.1) is 0 Å². The van der Waals surface area contributed by atoms with E-state index in [2.05, 4.69) is 45.4 Å². The van der Waals surface area contributed by atoms with Crippen LogP contribution in [0.1, 0.15) is 25.3 Å². The summed E-state index contributed by atoms with van der Waals surface area (Å²) >= 11 is 6.81. The topological polar surface area (TPSA) is 26.3 Å². The van der Waals surface area contributed by atoms with Gasteiger partial charge in [-0.1, -0.05) is 19.9 Å². The van der Waals surface area contributed by atoms with E-state index in [-0.39, 0.29) is 0 Å². The fraction of sp³-hybridized carbons (Fsp3) is 0.308. The van der Waals surface area contributed by atoms with Crippen LogP contribution in [0.3, 0.4) is 0 Å². The van der Waals surface area contributed by atoms with Crippen molar-refractivity contribution in [1.82, 2.24) is 0 Å². The molecule has 1 aromatic carbocycles. The van der Waals surface area contributed by atoms with Gasteiger partial charge < -0.3 is 4.74 Å². The largest absolute Gasteiger partial charge is 0.421 e. The molecule has 1 aromatic rings. The minimum atomic E-state index is -0.465. The third kappa shape index (κ3) is 4.28. The quantitative estimate of drug-likeness (QED) is 0.433. The van der Waals surface area contributed by atoms with Crippen LogP contribution in [0.5, 0.6) is 5.75 Å². The molecule has 0 N–H and O–H groups in total. The number of halogens is 2. The number of esters is 1. The van der Waals surface area contributed by atoms with Crippen molar-refractivity contribution in [3.8, 4) is 5.75 Å². The van der Waals surface area contributed by atoms with Crippen molar-refractivity contribution >= 4 is 37.8 Å². The first-order chi connectivity index (χ1) is 8.08. The number of rotatable bonds is 5. The normalized spacial score (nSPS) is 10.1. The summed E-state index contributed by atoms with van der Waals surface area (Å²) in [5, 5.41) is 0. The lowest BCUT2D eigenvalue weighted by molar-refractivity contribution is -0.129. The van der Waals surface area contributed by atoms with Crippen molar-refractivity contribution in [1.29, 1.82) is 0 Å². The Morgan fingerprint density at radius 1 is 1.41 bits per heavy atom. The lowest BCUT2D eigenvalue weighted by Crippen LogP contribution is -2.04. The molecule has 17 heavy (non-hydrogen) atoms.